The summed E-state index contributed by atoms with van der Waals surface area (Å²) >= 11 is 3.51. The van der Waals surface area contributed by atoms with Crippen molar-refractivity contribution in [2.45, 2.75) is 39.5 Å². The minimum Gasteiger partial charge on any atom is -0.450 e. The van der Waals surface area contributed by atoms with E-state index in [1.807, 2.05) is 38.1 Å². The lowest BCUT2D eigenvalue weighted by atomic mass is 10.2. The van der Waals surface area contributed by atoms with Crippen molar-refractivity contribution in [1.82, 2.24) is 19.8 Å². The van der Waals surface area contributed by atoms with Gasteiger partial charge in [0.2, 0.25) is 0 Å². The second-order valence-corrected chi connectivity index (χ2v) is 8.03. The summed E-state index contributed by atoms with van der Waals surface area (Å²) < 4.78 is 12.2. The van der Waals surface area contributed by atoms with Gasteiger partial charge in [0.15, 0.2) is 0 Å². The number of halogens is 1. The Hall–Kier alpha value is -2.03. The molecule has 1 aliphatic rings. The van der Waals surface area contributed by atoms with Gasteiger partial charge in [0, 0.05) is 50.4 Å². The Morgan fingerprint density at radius 3 is 2.90 bits per heavy atom. The third kappa shape index (κ3) is 6.48. The van der Waals surface area contributed by atoms with Gasteiger partial charge in [0.25, 0.3) is 0 Å². The van der Waals surface area contributed by atoms with Crippen LogP contribution in [0.15, 0.2) is 41.1 Å². The monoisotopic (exact) mass is 476 g/mol. The van der Waals surface area contributed by atoms with E-state index in [1.54, 1.807) is 11.1 Å². The highest BCUT2D eigenvalue weighted by Gasteiger charge is 2.32. The summed E-state index contributed by atoms with van der Waals surface area (Å²) in [6.07, 6.45) is 2.81. The fourth-order valence-corrected chi connectivity index (χ4v) is 3.87. The zero-order valence-electron chi connectivity index (χ0n) is 17.6. The molecule has 3 heterocycles. The predicted octanol–water partition coefficient (Wildman–Crippen LogP) is 3.80. The summed E-state index contributed by atoms with van der Waals surface area (Å²) in [6.45, 7) is 7.43. The van der Waals surface area contributed by atoms with Crippen LogP contribution < -0.4 is 0 Å². The molecule has 1 unspecified atom stereocenters. The Morgan fingerprint density at radius 1 is 1.27 bits per heavy atom. The van der Waals surface area contributed by atoms with E-state index < -0.39 is 0 Å². The summed E-state index contributed by atoms with van der Waals surface area (Å²) in [4.78, 5) is 25.2. The van der Waals surface area contributed by atoms with Gasteiger partial charge in [-0.2, -0.15) is 0 Å². The highest BCUT2D eigenvalue weighted by atomic mass is 79.9. The minimum absolute atomic E-state index is 0.315. The number of hydrogen-bond acceptors (Lipinski definition) is 6. The molecule has 0 N–H and O–H groups in total. The van der Waals surface area contributed by atoms with Crippen molar-refractivity contribution in [2.24, 2.45) is 0 Å². The van der Waals surface area contributed by atoms with Crippen LogP contribution in [0.1, 0.15) is 30.3 Å². The lowest BCUT2D eigenvalue weighted by molar-refractivity contribution is -0.0933. The van der Waals surface area contributed by atoms with Crippen LogP contribution in [-0.4, -0.2) is 64.9 Å². The Balaban J connectivity index is 1.57. The van der Waals surface area contributed by atoms with E-state index in [0.717, 1.165) is 47.5 Å². The van der Waals surface area contributed by atoms with Crippen molar-refractivity contribution in [3.05, 3.63) is 58.1 Å². The third-order valence-corrected chi connectivity index (χ3v) is 5.70. The maximum absolute atomic E-state index is 12.4. The summed E-state index contributed by atoms with van der Waals surface area (Å²) in [5.41, 5.74) is 3.20. The Labute approximate surface area is 186 Å². The average Bonchev–Trinajstić information content (AvgIpc) is 2.73. The van der Waals surface area contributed by atoms with E-state index in [-0.39, 0.29) is 12.3 Å². The largest absolute Gasteiger partial charge is 0.450 e. The number of pyridine rings is 2. The van der Waals surface area contributed by atoms with Gasteiger partial charge in [-0.05, 0) is 66.4 Å². The van der Waals surface area contributed by atoms with Gasteiger partial charge >= 0.3 is 6.09 Å². The summed E-state index contributed by atoms with van der Waals surface area (Å²) in [5.74, 6) is 0. The second kappa shape index (κ2) is 11.4. The van der Waals surface area contributed by atoms with Crippen molar-refractivity contribution >= 4 is 22.0 Å². The quantitative estimate of drug-likeness (QED) is 0.426. The number of rotatable bonds is 8. The first-order chi connectivity index (χ1) is 14.6. The van der Waals surface area contributed by atoms with E-state index in [0.29, 0.717) is 26.3 Å². The molecule has 8 heteroatoms. The third-order valence-electron chi connectivity index (χ3n) is 4.99. The topological polar surface area (TPSA) is 67.8 Å². The van der Waals surface area contributed by atoms with Crippen molar-refractivity contribution in [2.75, 3.05) is 32.8 Å². The molecule has 1 saturated heterocycles. The lowest BCUT2D eigenvalue weighted by Gasteiger charge is -2.40. The summed E-state index contributed by atoms with van der Waals surface area (Å²) in [5, 5.41) is 0. The highest BCUT2D eigenvalue weighted by Crippen LogP contribution is 2.19. The van der Waals surface area contributed by atoms with Gasteiger partial charge in [-0.25, -0.2) is 9.78 Å². The van der Waals surface area contributed by atoms with Crippen LogP contribution >= 0.6 is 15.9 Å². The number of hydrogen-bond donors (Lipinski definition) is 0. The molecule has 2 aromatic heterocycles. The molecule has 0 aromatic carbocycles. The zero-order valence-corrected chi connectivity index (χ0v) is 19.2. The van der Waals surface area contributed by atoms with Crippen molar-refractivity contribution in [3.63, 3.8) is 0 Å². The first-order valence-corrected chi connectivity index (χ1v) is 11.2. The van der Waals surface area contributed by atoms with E-state index in [4.69, 9.17) is 9.47 Å². The summed E-state index contributed by atoms with van der Waals surface area (Å²) in [6, 6.07) is 10.0. The van der Waals surface area contributed by atoms with Crippen LogP contribution in [0.25, 0.3) is 0 Å². The molecule has 0 aliphatic carbocycles. The molecule has 1 atom stereocenters. The molecule has 30 heavy (non-hydrogen) atoms. The van der Waals surface area contributed by atoms with Gasteiger partial charge in [0.05, 0.1) is 6.61 Å². The molecule has 0 spiro atoms. The minimum atomic E-state index is -0.335. The molecule has 0 radical (unpaired) electrons. The Bertz CT molecular complexity index is 836. The van der Waals surface area contributed by atoms with Crippen molar-refractivity contribution in [3.8, 4) is 0 Å². The molecule has 1 amide bonds. The van der Waals surface area contributed by atoms with E-state index in [2.05, 4.69) is 36.9 Å². The number of carbonyl (C=O) groups excluding carboxylic acids is 1. The van der Waals surface area contributed by atoms with Crippen LogP contribution in [0, 0.1) is 6.92 Å². The standard InChI is InChI=1S/C22H29BrN4O3/c1-3-29-22(28)27-13-12-26(15-18-8-5-11-24-21(18)23)16-20(27)30-14-6-10-19-9-4-7-17(2)25-19/h4-5,7-9,11,20H,3,6,10,12-16H2,1-2H3. The van der Waals surface area contributed by atoms with Gasteiger partial charge in [-0.1, -0.05) is 12.1 Å². The normalized spacial score (nSPS) is 17.2. The Morgan fingerprint density at radius 2 is 2.13 bits per heavy atom. The van der Waals surface area contributed by atoms with Gasteiger partial charge in [-0.15, -0.1) is 0 Å². The first kappa shape index (κ1) is 22.7. The number of carbonyl (C=O) groups is 1. The number of piperazine rings is 1. The van der Waals surface area contributed by atoms with Gasteiger partial charge in [-0.3, -0.25) is 14.8 Å². The average molecular weight is 477 g/mol. The lowest BCUT2D eigenvalue weighted by Crippen LogP contribution is -2.56. The first-order valence-electron chi connectivity index (χ1n) is 10.4. The smallest absolute Gasteiger partial charge is 0.411 e. The Kier molecular flexibility index (Phi) is 8.60. The molecule has 162 valence electrons. The number of nitrogens with zero attached hydrogens (tertiary/aromatic N) is 4. The molecular formula is C22H29BrN4O3. The fraction of sp³-hybridized carbons (Fsp3) is 0.500. The maximum Gasteiger partial charge on any atom is 0.411 e. The molecule has 0 saturated carbocycles. The second-order valence-electron chi connectivity index (χ2n) is 7.28. The molecule has 1 aliphatic heterocycles. The van der Waals surface area contributed by atoms with Crippen LogP contribution in [-0.2, 0) is 22.4 Å². The van der Waals surface area contributed by atoms with Crippen molar-refractivity contribution in [1.29, 1.82) is 0 Å². The number of ether oxygens (including phenoxy) is 2. The van der Waals surface area contributed by atoms with Gasteiger partial charge < -0.3 is 9.47 Å². The van der Waals surface area contributed by atoms with E-state index in [1.165, 1.54) is 0 Å². The van der Waals surface area contributed by atoms with Crippen LogP contribution in [0.4, 0.5) is 4.79 Å². The highest BCUT2D eigenvalue weighted by molar-refractivity contribution is 9.10. The molecule has 7 nitrogen and oxygen atoms in total. The van der Waals surface area contributed by atoms with E-state index in [9.17, 15) is 4.79 Å². The number of amides is 1. The predicted molar refractivity (Wildman–Crippen MR) is 118 cm³/mol. The molecule has 3 rings (SSSR count). The molecular weight excluding hydrogens is 448 g/mol. The van der Waals surface area contributed by atoms with Crippen molar-refractivity contribution < 1.29 is 14.3 Å². The van der Waals surface area contributed by atoms with Crippen LogP contribution in [0.2, 0.25) is 0 Å². The maximum atomic E-state index is 12.4. The fourth-order valence-electron chi connectivity index (χ4n) is 3.49. The molecule has 2 aromatic rings. The number of aryl methyl sites for hydroxylation is 2. The van der Waals surface area contributed by atoms with E-state index >= 15 is 0 Å². The SMILES string of the molecule is CCOC(=O)N1CCN(Cc2cccnc2Br)CC1OCCCc1cccc(C)n1. The molecule has 0 bridgehead atoms. The number of aromatic nitrogens is 2. The zero-order chi connectivity index (χ0) is 21.3. The van der Waals surface area contributed by atoms with Gasteiger partial charge in [0.1, 0.15) is 10.8 Å². The summed E-state index contributed by atoms with van der Waals surface area (Å²) in [7, 11) is 0. The molecule has 1 fully saturated rings. The van der Waals surface area contributed by atoms with Crippen LogP contribution in [0.3, 0.4) is 0 Å². The van der Waals surface area contributed by atoms with Crippen LogP contribution in [0.5, 0.6) is 0 Å².